The minimum absolute atomic E-state index is 0.0228. The van der Waals surface area contributed by atoms with E-state index in [1.807, 2.05) is 11.9 Å². The summed E-state index contributed by atoms with van der Waals surface area (Å²) in [5.74, 6) is 0.882. The van der Waals surface area contributed by atoms with Crippen molar-refractivity contribution in [1.29, 1.82) is 0 Å². The molecule has 0 aliphatic heterocycles. The summed E-state index contributed by atoms with van der Waals surface area (Å²) in [6.07, 6.45) is 3.14. The molecule has 1 heterocycles. The molecule has 0 radical (unpaired) electrons. The Hall–Kier alpha value is -1.69. The molecular weight excluding hydrogens is 230 g/mol. The molecule has 0 fully saturated rings. The van der Waals surface area contributed by atoms with E-state index in [1.54, 1.807) is 6.20 Å². The van der Waals surface area contributed by atoms with Crippen molar-refractivity contribution >= 4 is 11.7 Å². The van der Waals surface area contributed by atoms with Gasteiger partial charge in [-0.05, 0) is 13.0 Å². The van der Waals surface area contributed by atoms with Crippen LogP contribution in [0, 0.1) is 5.92 Å². The van der Waals surface area contributed by atoms with E-state index in [-0.39, 0.29) is 5.91 Å². The zero-order valence-electron chi connectivity index (χ0n) is 11.2. The van der Waals surface area contributed by atoms with E-state index in [9.17, 15) is 4.79 Å². The van der Waals surface area contributed by atoms with E-state index in [1.165, 1.54) is 6.20 Å². The van der Waals surface area contributed by atoms with E-state index in [0.29, 0.717) is 31.4 Å². The smallest absolute Gasteiger partial charge is 0.234 e. The number of rotatable bonds is 6. The van der Waals surface area contributed by atoms with E-state index in [2.05, 4.69) is 29.1 Å². The van der Waals surface area contributed by atoms with Crippen molar-refractivity contribution in [3.05, 3.63) is 18.1 Å². The van der Waals surface area contributed by atoms with Crippen molar-refractivity contribution in [2.75, 3.05) is 25.9 Å². The van der Waals surface area contributed by atoms with Gasteiger partial charge in [0.2, 0.25) is 5.91 Å². The van der Waals surface area contributed by atoms with Gasteiger partial charge in [0.1, 0.15) is 5.82 Å². The van der Waals surface area contributed by atoms with Crippen LogP contribution in [0.3, 0.4) is 0 Å². The summed E-state index contributed by atoms with van der Waals surface area (Å²) in [4.78, 5) is 21.6. The van der Waals surface area contributed by atoms with Gasteiger partial charge in [0, 0.05) is 13.1 Å². The number of nitrogens with zero attached hydrogens (tertiary/aromatic N) is 3. The molecule has 1 aromatic rings. The Bertz CT molecular complexity index is 377. The van der Waals surface area contributed by atoms with Gasteiger partial charge in [0.25, 0.3) is 0 Å². The number of nitrogen functional groups attached to an aromatic ring is 1. The first-order chi connectivity index (χ1) is 8.47. The first-order valence-corrected chi connectivity index (χ1v) is 5.99. The zero-order chi connectivity index (χ0) is 13.5. The van der Waals surface area contributed by atoms with E-state index in [4.69, 9.17) is 5.73 Å². The Balaban J connectivity index is 2.34. The molecule has 0 unspecified atom stereocenters. The molecule has 0 aliphatic carbocycles. The van der Waals surface area contributed by atoms with Crippen LogP contribution in [0.2, 0.25) is 0 Å². The molecule has 3 N–H and O–H groups in total. The molecule has 0 atom stereocenters. The number of nitrogens with one attached hydrogen (secondary N) is 1. The van der Waals surface area contributed by atoms with E-state index >= 15 is 0 Å². The number of anilines is 1. The molecule has 0 saturated heterocycles. The normalized spacial score (nSPS) is 10.9. The van der Waals surface area contributed by atoms with Gasteiger partial charge in [0.05, 0.1) is 24.6 Å². The molecule has 1 rings (SSSR count). The molecule has 6 nitrogen and oxygen atoms in total. The van der Waals surface area contributed by atoms with Crippen LogP contribution in [-0.4, -0.2) is 40.9 Å². The number of carbonyl (C=O) groups is 1. The second-order valence-corrected chi connectivity index (χ2v) is 4.80. The molecule has 0 aromatic carbocycles. The monoisotopic (exact) mass is 251 g/mol. The molecule has 1 aromatic heterocycles. The largest absolute Gasteiger partial charge is 0.382 e. The molecule has 0 spiro atoms. The van der Waals surface area contributed by atoms with E-state index < -0.39 is 0 Å². The summed E-state index contributed by atoms with van der Waals surface area (Å²) in [6, 6.07) is 0. The van der Waals surface area contributed by atoms with Crippen molar-refractivity contribution in [3.8, 4) is 0 Å². The number of nitrogens with two attached hydrogens (primary N) is 1. The van der Waals surface area contributed by atoms with Gasteiger partial charge >= 0.3 is 0 Å². The topological polar surface area (TPSA) is 84.1 Å². The lowest BCUT2D eigenvalue weighted by atomic mass is 10.2. The highest BCUT2D eigenvalue weighted by atomic mass is 16.2. The fourth-order valence-corrected chi connectivity index (χ4v) is 1.40. The van der Waals surface area contributed by atoms with Gasteiger partial charge in [-0.2, -0.15) is 0 Å². The van der Waals surface area contributed by atoms with Crippen molar-refractivity contribution in [3.63, 3.8) is 0 Å². The summed E-state index contributed by atoms with van der Waals surface area (Å²) >= 11 is 0. The van der Waals surface area contributed by atoms with Gasteiger partial charge in [-0.25, -0.2) is 4.98 Å². The highest BCUT2D eigenvalue weighted by Crippen LogP contribution is 1.99. The van der Waals surface area contributed by atoms with Crippen LogP contribution in [0.1, 0.15) is 19.5 Å². The molecule has 0 saturated carbocycles. The van der Waals surface area contributed by atoms with Crippen LogP contribution in [-0.2, 0) is 11.3 Å². The van der Waals surface area contributed by atoms with Crippen molar-refractivity contribution in [1.82, 2.24) is 20.2 Å². The Morgan fingerprint density at radius 1 is 1.44 bits per heavy atom. The first-order valence-electron chi connectivity index (χ1n) is 5.99. The van der Waals surface area contributed by atoms with Crippen LogP contribution < -0.4 is 11.1 Å². The summed E-state index contributed by atoms with van der Waals surface area (Å²) in [6.45, 7) is 5.75. The second-order valence-electron chi connectivity index (χ2n) is 4.80. The minimum Gasteiger partial charge on any atom is -0.382 e. The van der Waals surface area contributed by atoms with Gasteiger partial charge < -0.3 is 11.1 Å². The lowest BCUT2D eigenvalue weighted by Crippen LogP contribution is -2.36. The van der Waals surface area contributed by atoms with Crippen LogP contribution >= 0.6 is 0 Å². The van der Waals surface area contributed by atoms with E-state index in [0.717, 1.165) is 5.69 Å². The summed E-state index contributed by atoms with van der Waals surface area (Å²) in [5, 5.41) is 2.87. The Labute approximate surface area is 108 Å². The maximum Gasteiger partial charge on any atom is 0.234 e. The third-order valence-corrected chi connectivity index (χ3v) is 2.28. The maximum atomic E-state index is 11.6. The number of likely N-dealkylation sites (N-methyl/N-ethyl adjacent to an activating group) is 1. The SMILES string of the molecule is CC(C)CNC(=O)CN(C)Cc1cnc(N)cn1. The zero-order valence-corrected chi connectivity index (χ0v) is 11.2. The van der Waals surface area contributed by atoms with Gasteiger partial charge in [0.15, 0.2) is 0 Å². The molecule has 6 heteroatoms. The van der Waals surface area contributed by atoms with Crippen LogP contribution in [0.25, 0.3) is 0 Å². The Morgan fingerprint density at radius 3 is 2.72 bits per heavy atom. The first kappa shape index (κ1) is 14.4. The summed E-state index contributed by atoms with van der Waals surface area (Å²) in [5.41, 5.74) is 6.25. The third kappa shape index (κ3) is 5.58. The Morgan fingerprint density at radius 2 is 2.17 bits per heavy atom. The van der Waals surface area contributed by atoms with Crippen molar-refractivity contribution in [2.24, 2.45) is 5.92 Å². The minimum atomic E-state index is 0.0228. The molecule has 0 bridgehead atoms. The fraction of sp³-hybridized carbons (Fsp3) is 0.583. The third-order valence-electron chi connectivity index (χ3n) is 2.28. The van der Waals surface area contributed by atoms with Crippen molar-refractivity contribution < 1.29 is 4.79 Å². The highest BCUT2D eigenvalue weighted by Gasteiger charge is 2.08. The average Bonchev–Trinajstić information content (AvgIpc) is 2.29. The standard InChI is InChI=1S/C12H21N5O/c1-9(2)4-16-12(18)8-17(3)7-10-5-15-11(13)6-14-10/h5-6,9H,4,7-8H2,1-3H3,(H2,13,15)(H,16,18). The molecular formula is C12H21N5O. The number of hydrogen-bond acceptors (Lipinski definition) is 5. The van der Waals surface area contributed by atoms with Gasteiger partial charge in [-0.15, -0.1) is 0 Å². The maximum absolute atomic E-state index is 11.6. The van der Waals surface area contributed by atoms with Crippen LogP contribution in [0.15, 0.2) is 12.4 Å². The highest BCUT2D eigenvalue weighted by molar-refractivity contribution is 5.77. The average molecular weight is 251 g/mol. The quantitative estimate of drug-likeness (QED) is 0.758. The number of carbonyl (C=O) groups excluding carboxylic acids is 1. The molecule has 100 valence electrons. The molecule has 18 heavy (non-hydrogen) atoms. The lowest BCUT2D eigenvalue weighted by molar-refractivity contribution is -0.122. The summed E-state index contributed by atoms with van der Waals surface area (Å²) in [7, 11) is 1.87. The van der Waals surface area contributed by atoms with Crippen LogP contribution in [0.5, 0.6) is 0 Å². The predicted molar refractivity (Wildman–Crippen MR) is 70.6 cm³/mol. The Kier molecular flexibility index (Phi) is 5.51. The molecule has 1 amide bonds. The van der Waals surface area contributed by atoms with Crippen LogP contribution in [0.4, 0.5) is 5.82 Å². The summed E-state index contributed by atoms with van der Waals surface area (Å²) < 4.78 is 0. The number of aromatic nitrogens is 2. The molecule has 0 aliphatic rings. The second kappa shape index (κ2) is 6.90. The van der Waals surface area contributed by atoms with Crippen molar-refractivity contribution in [2.45, 2.75) is 20.4 Å². The van der Waals surface area contributed by atoms with Gasteiger partial charge in [-0.3, -0.25) is 14.7 Å². The van der Waals surface area contributed by atoms with Gasteiger partial charge in [-0.1, -0.05) is 13.8 Å². The number of amides is 1. The fourth-order valence-electron chi connectivity index (χ4n) is 1.40. The number of hydrogen-bond donors (Lipinski definition) is 2. The predicted octanol–water partition coefficient (Wildman–Crippen LogP) is 0.263. The lowest BCUT2D eigenvalue weighted by Gasteiger charge is -2.16.